The molecule has 0 spiro atoms. The third-order valence-corrected chi connectivity index (χ3v) is 3.70. The third kappa shape index (κ3) is 3.98. The maximum atomic E-state index is 12.2. The number of carbonyl (C=O) groups is 1. The highest BCUT2D eigenvalue weighted by Crippen LogP contribution is 2.23. The van der Waals surface area contributed by atoms with Crippen molar-refractivity contribution >= 4 is 5.91 Å². The Morgan fingerprint density at radius 2 is 1.80 bits per heavy atom. The SMILES string of the molecule is COc1ccc(-c2cc(CNC(=O)c3cccc(OC)c3)no2)cc1. The molecule has 0 fully saturated rings. The Bertz CT molecular complexity index is 856. The van der Waals surface area contributed by atoms with Crippen LogP contribution in [-0.2, 0) is 6.54 Å². The van der Waals surface area contributed by atoms with E-state index in [2.05, 4.69) is 10.5 Å². The highest BCUT2D eigenvalue weighted by atomic mass is 16.5. The zero-order valence-electron chi connectivity index (χ0n) is 14.0. The van der Waals surface area contributed by atoms with Crippen LogP contribution in [0.1, 0.15) is 16.1 Å². The molecule has 3 rings (SSSR count). The van der Waals surface area contributed by atoms with Crippen LogP contribution in [0.5, 0.6) is 11.5 Å². The van der Waals surface area contributed by atoms with Crippen molar-refractivity contribution in [2.45, 2.75) is 6.54 Å². The van der Waals surface area contributed by atoms with E-state index in [1.165, 1.54) is 0 Å². The van der Waals surface area contributed by atoms with Gasteiger partial charge in [0, 0.05) is 17.2 Å². The summed E-state index contributed by atoms with van der Waals surface area (Å²) in [7, 11) is 3.18. The second kappa shape index (κ2) is 7.53. The molecular weight excluding hydrogens is 320 g/mol. The minimum absolute atomic E-state index is 0.201. The summed E-state index contributed by atoms with van der Waals surface area (Å²) >= 11 is 0. The molecule has 0 saturated carbocycles. The van der Waals surface area contributed by atoms with E-state index in [1.807, 2.05) is 24.3 Å². The van der Waals surface area contributed by atoms with Gasteiger partial charge in [-0.2, -0.15) is 0 Å². The standard InChI is InChI=1S/C19H18N2O4/c1-23-16-8-6-13(7-9-16)18-11-15(21-25-18)12-20-19(22)14-4-3-5-17(10-14)24-2/h3-11H,12H2,1-2H3,(H,20,22). The maximum Gasteiger partial charge on any atom is 0.251 e. The van der Waals surface area contributed by atoms with E-state index in [0.717, 1.165) is 11.3 Å². The van der Waals surface area contributed by atoms with Crippen LogP contribution >= 0.6 is 0 Å². The zero-order valence-corrected chi connectivity index (χ0v) is 14.0. The van der Waals surface area contributed by atoms with Gasteiger partial charge < -0.3 is 19.3 Å². The topological polar surface area (TPSA) is 73.6 Å². The minimum Gasteiger partial charge on any atom is -0.497 e. The van der Waals surface area contributed by atoms with Crippen LogP contribution < -0.4 is 14.8 Å². The van der Waals surface area contributed by atoms with Gasteiger partial charge in [0.15, 0.2) is 5.76 Å². The second-order valence-corrected chi connectivity index (χ2v) is 5.33. The fourth-order valence-corrected chi connectivity index (χ4v) is 2.32. The van der Waals surface area contributed by atoms with E-state index in [0.29, 0.717) is 22.8 Å². The van der Waals surface area contributed by atoms with Crippen molar-refractivity contribution in [1.82, 2.24) is 10.5 Å². The highest BCUT2D eigenvalue weighted by Gasteiger charge is 2.10. The molecule has 1 N–H and O–H groups in total. The van der Waals surface area contributed by atoms with Crippen LogP contribution in [0, 0.1) is 0 Å². The number of aromatic nitrogens is 1. The molecule has 0 saturated heterocycles. The third-order valence-electron chi connectivity index (χ3n) is 3.70. The molecule has 3 aromatic rings. The van der Waals surface area contributed by atoms with Crippen molar-refractivity contribution in [3.05, 3.63) is 65.9 Å². The molecule has 0 aliphatic carbocycles. The number of carbonyl (C=O) groups excluding carboxylic acids is 1. The Hall–Kier alpha value is -3.28. The number of hydrogen-bond donors (Lipinski definition) is 1. The molecular formula is C19H18N2O4. The van der Waals surface area contributed by atoms with Crippen molar-refractivity contribution in [1.29, 1.82) is 0 Å². The first kappa shape index (κ1) is 16.6. The van der Waals surface area contributed by atoms with Gasteiger partial charge in [-0.05, 0) is 42.5 Å². The number of hydrogen-bond acceptors (Lipinski definition) is 5. The molecule has 1 aromatic heterocycles. The Balaban J connectivity index is 1.63. The molecule has 25 heavy (non-hydrogen) atoms. The number of rotatable bonds is 6. The first-order valence-electron chi connectivity index (χ1n) is 7.72. The van der Waals surface area contributed by atoms with Crippen LogP contribution in [0.4, 0.5) is 0 Å². The first-order valence-corrected chi connectivity index (χ1v) is 7.72. The average Bonchev–Trinajstić information content (AvgIpc) is 3.15. The maximum absolute atomic E-state index is 12.2. The molecule has 1 heterocycles. The Morgan fingerprint density at radius 3 is 2.52 bits per heavy atom. The number of amides is 1. The quantitative estimate of drug-likeness (QED) is 0.746. The molecule has 0 atom stereocenters. The predicted octanol–water partition coefficient (Wildman–Crippen LogP) is 3.29. The Kier molecular flexibility index (Phi) is 4.99. The summed E-state index contributed by atoms with van der Waals surface area (Å²) in [5.41, 5.74) is 2.05. The summed E-state index contributed by atoms with van der Waals surface area (Å²) in [5.74, 6) is 1.84. The molecule has 6 heteroatoms. The van der Waals surface area contributed by atoms with E-state index in [9.17, 15) is 4.79 Å². The molecule has 0 aliphatic heterocycles. The van der Waals surface area contributed by atoms with E-state index in [-0.39, 0.29) is 12.5 Å². The number of methoxy groups -OCH3 is 2. The van der Waals surface area contributed by atoms with E-state index >= 15 is 0 Å². The lowest BCUT2D eigenvalue weighted by molar-refractivity contribution is 0.0949. The lowest BCUT2D eigenvalue weighted by Gasteiger charge is -2.05. The van der Waals surface area contributed by atoms with Gasteiger partial charge in [-0.1, -0.05) is 11.2 Å². The summed E-state index contributed by atoms with van der Waals surface area (Å²) in [4.78, 5) is 12.2. The van der Waals surface area contributed by atoms with E-state index in [4.69, 9.17) is 14.0 Å². The highest BCUT2D eigenvalue weighted by molar-refractivity contribution is 5.94. The molecule has 0 aliphatic rings. The predicted molar refractivity (Wildman–Crippen MR) is 92.7 cm³/mol. The number of nitrogens with one attached hydrogen (secondary N) is 1. The number of ether oxygens (including phenoxy) is 2. The second-order valence-electron chi connectivity index (χ2n) is 5.33. The molecule has 128 valence electrons. The summed E-state index contributed by atoms with van der Waals surface area (Å²) < 4.78 is 15.6. The summed E-state index contributed by atoms with van der Waals surface area (Å²) in [6.07, 6.45) is 0. The molecule has 2 aromatic carbocycles. The average molecular weight is 338 g/mol. The lowest BCUT2D eigenvalue weighted by atomic mass is 10.1. The number of benzene rings is 2. The monoisotopic (exact) mass is 338 g/mol. The lowest BCUT2D eigenvalue weighted by Crippen LogP contribution is -2.22. The zero-order chi connectivity index (χ0) is 17.6. The van der Waals surface area contributed by atoms with Gasteiger partial charge in [0.25, 0.3) is 5.91 Å². The van der Waals surface area contributed by atoms with Crippen molar-refractivity contribution in [3.63, 3.8) is 0 Å². The first-order chi connectivity index (χ1) is 12.2. The smallest absolute Gasteiger partial charge is 0.251 e. The van der Waals surface area contributed by atoms with Crippen LogP contribution in [0.3, 0.4) is 0 Å². The normalized spacial score (nSPS) is 10.3. The van der Waals surface area contributed by atoms with Crippen molar-refractivity contribution < 1.29 is 18.8 Å². The van der Waals surface area contributed by atoms with Gasteiger partial charge in [0.1, 0.15) is 17.2 Å². The van der Waals surface area contributed by atoms with Gasteiger partial charge >= 0.3 is 0 Å². The molecule has 1 amide bonds. The molecule has 0 radical (unpaired) electrons. The van der Waals surface area contributed by atoms with Gasteiger partial charge in [-0.25, -0.2) is 0 Å². The van der Waals surface area contributed by atoms with Crippen molar-refractivity contribution in [2.24, 2.45) is 0 Å². The Morgan fingerprint density at radius 1 is 1.04 bits per heavy atom. The van der Waals surface area contributed by atoms with Crippen LogP contribution in [0.2, 0.25) is 0 Å². The van der Waals surface area contributed by atoms with Crippen molar-refractivity contribution in [2.75, 3.05) is 14.2 Å². The summed E-state index contributed by atoms with van der Waals surface area (Å²) in [6, 6.07) is 16.2. The fourth-order valence-electron chi connectivity index (χ4n) is 2.32. The van der Waals surface area contributed by atoms with E-state index in [1.54, 1.807) is 44.6 Å². The van der Waals surface area contributed by atoms with Crippen LogP contribution in [-0.4, -0.2) is 25.3 Å². The van der Waals surface area contributed by atoms with E-state index < -0.39 is 0 Å². The molecule has 0 unspecified atom stereocenters. The number of nitrogens with zero attached hydrogens (tertiary/aromatic N) is 1. The summed E-state index contributed by atoms with van der Waals surface area (Å²) in [6.45, 7) is 0.274. The van der Waals surface area contributed by atoms with Gasteiger partial charge in [0.05, 0.1) is 20.8 Å². The van der Waals surface area contributed by atoms with Gasteiger partial charge in [0.2, 0.25) is 0 Å². The minimum atomic E-state index is -0.201. The molecule has 6 nitrogen and oxygen atoms in total. The summed E-state index contributed by atoms with van der Waals surface area (Å²) in [5, 5.41) is 6.80. The molecule has 0 bridgehead atoms. The van der Waals surface area contributed by atoms with Gasteiger partial charge in [-0.3, -0.25) is 4.79 Å². The van der Waals surface area contributed by atoms with Crippen LogP contribution in [0.25, 0.3) is 11.3 Å². The van der Waals surface area contributed by atoms with Gasteiger partial charge in [-0.15, -0.1) is 0 Å². The largest absolute Gasteiger partial charge is 0.497 e. The van der Waals surface area contributed by atoms with Crippen LogP contribution in [0.15, 0.2) is 59.1 Å². The van der Waals surface area contributed by atoms with Crippen molar-refractivity contribution in [3.8, 4) is 22.8 Å². The Labute approximate surface area is 145 Å². The fraction of sp³-hybridized carbons (Fsp3) is 0.158.